The van der Waals surface area contributed by atoms with Crippen LogP contribution in [0.15, 0.2) is 47.4 Å². The van der Waals surface area contributed by atoms with Gasteiger partial charge in [-0.1, -0.05) is 0 Å². The second kappa shape index (κ2) is 28.5. The zero-order valence-electron chi connectivity index (χ0n) is 57.3. The van der Waals surface area contributed by atoms with Gasteiger partial charge in [0.25, 0.3) is 16.7 Å². The molecule has 13 rings (SSSR count). The molecular formula is C67H87N17O18. The summed E-state index contributed by atoms with van der Waals surface area (Å²) in [5.74, 6) is -7.00. The van der Waals surface area contributed by atoms with Crippen molar-refractivity contribution in [1.82, 2.24) is 83.4 Å². The number of nitrogens with zero attached hydrogens (tertiary/aromatic N) is 12. The second-order valence-corrected chi connectivity index (χ2v) is 29.0. The number of aliphatic carboxylic acids is 1. The quantitative estimate of drug-likeness (QED) is 0.0842. The van der Waals surface area contributed by atoms with Gasteiger partial charge in [0.1, 0.15) is 60.9 Å². The van der Waals surface area contributed by atoms with E-state index in [9.17, 15) is 57.8 Å². The molecule has 0 bridgehead atoms. The Morgan fingerprint density at radius 3 is 0.941 bits per heavy atom. The first kappa shape index (κ1) is 70.6. The van der Waals surface area contributed by atoms with Crippen LogP contribution < -0.4 is 44.4 Å². The summed E-state index contributed by atoms with van der Waals surface area (Å²) in [4.78, 5) is 259. The predicted molar refractivity (Wildman–Crippen MR) is 356 cm³/mol. The third-order valence-electron chi connectivity index (χ3n) is 22.9. The number of aromatic nitrogens is 6. The Hall–Kier alpha value is -9.83. The smallest absolute Gasteiger partial charge is 0.328 e. The Morgan fingerprint density at radius 2 is 0.647 bits per heavy atom. The normalized spacial score (nSPS) is 28.7. The number of amides is 10. The summed E-state index contributed by atoms with van der Waals surface area (Å²) in [6, 6.07) is -13.5. The van der Waals surface area contributed by atoms with Gasteiger partial charge in [0.15, 0.2) is 0 Å². The Kier molecular flexibility index (Phi) is 19.8. The molecule has 35 nitrogen and oxygen atoms in total. The van der Waals surface area contributed by atoms with Crippen molar-refractivity contribution >= 4 is 65.0 Å². The monoisotopic (exact) mass is 1420 g/mol. The number of aromatic amines is 3. The Labute approximate surface area is 582 Å². The molecular weight excluding hydrogens is 1330 g/mol. The summed E-state index contributed by atoms with van der Waals surface area (Å²) in [7, 11) is 0. The van der Waals surface area contributed by atoms with E-state index in [1.807, 2.05) is 0 Å². The van der Waals surface area contributed by atoms with E-state index < -0.39 is 178 Å². The first-order valence-electron chi connectivity index (χ1n) is 35.7. The fourth-order valence-corrected chi connectivity index (χ4v) is 17.7. The van der Waals surface area contributed by atoms with Gasteiger partial charge in [-0.05, 0) is 136 Å². The van der Waals surface area contributed by atoms with Gasteiger partial charge in [0, 0.05) is 94.2 Å². The van der Waals surface area contributed by atoms with Crippen molar-refractivity contribution < 1.29 is 57.8 Å². The van der Waals surface area contributed by atoms with Gasteiger partial charge in [-0.15, -0.1) is 0 Å². The van der Waals surface area contributed by atoms with Crippen LogP contribution in [0.3, 0.4) is 0 Å². The van der Waals surface area contributed by atoms with Crippen molar-refractivity contribution in [2.45, 2.75) is 208 Å². The molecule has 6 N–H and O–H groups in total. The third-order valence-corrected chi connectivity index (χ3v) is 22.9. The topological polar surface area (TPSA) is 426 Å². The van der Waals surface area contributed by atoms with E-state index in [0.29, 0.717) is 64.5 Å². The van der Waals surface area contributed by atoms with Crippen LogP contribution in [0.1, 0.15) is 144 Å². The van der Waals surface area contributed by atoms with Crippen molar-refractivity contribution in [3.05, 3.63) is 97.8 Å². The average molecular weight is 1420 g/mol. The number of carboxylic acid groups (broad SMARTS) is 1. The molecule has 10 aliphatic heterocycles. The molecule has 0 unspecified atom stereocenters. The number of H-pyrrole nitrogens is 3. The number of likely N-dealkylation sites (tertiary alicyclic amines) is 9. The SMILES string of the molecule is Cc1cn([C@@H]2C[C@H](C(=O)N3CCC[C@@H]3C(=O)NCC(=O)O)N(C(=O)[C@H]3CCCN3C(=O)[C@H]3CCCN3C(=O)[C@H]3C[C@@H](n4cc(C)c(=O)[nH]c4=O)CN3C(=O)[C@H]3CCCN3C(=O)[C@H]3CCCN3C(=O)[C@H]3C[C@@H](n4cc(C)c(=O)[nH]c4=O)CN3C(=O)[C@H]3CCCN3C(=O)[C@H]3CCCN3)C2)c(=O)[nH]c1=O. The molecule has 10 fully saturated rings. The van der Waals surface area contributed by atoms with E-state index in [-0.39, 0.29) is 126 Å². The van der Waals surface area contributed by atoms with Crippen LogP contribution in [0.25, 0.3) is 0 Å². The van der Waals surface area contributed by atoms with E-state index in [0.717, 1.165) is 6.42 Å². The Morgan fingerprint density at radius 1 is 0.373 bits per heavy atom. The van der Waals surface area contributed by atoms with E-state index in [2.05, 4.69) is 25.6 Å². The minimum absolute atomic E-state index is 0.0396. The number of aryl methyl sites for hydroxylation is 3. The zero-order chi connectivity index (χ0) is 72.4. The highest BCUT2D eigenvalue weighted by Gasteiger charge is 2.55. The molecule has 10 aliphatic rings. The van der Waals surface area contributed by atoms with E-state index in [4.69, 9.17) is 0 Å². The molecule has 10 amide bonds. The Balaban J connectivity index is 0.747. The lowest BCUT2D eigenvalue weighted by molar-refractivity contribution is -0.155. The summed E-state index contributed by atoms with van der Waals surface area (Å²) in [6.45, 7) is 4.58. The average Bonchev–Trinajstić information content (AvgIpc) is 1.62. The van der Waals surface area contributed by atoms with Gasteiger partial charge in [0.2, 0.25) is 59.1 Å². The number of rotatable bonds is 15. The van der Waals surface area contributed by atoms with E-state index in [1.165, 1.54) is 92.3 Å². The van der Waals surface area contributed by atoms with Crippen LogP contribution in [0.4, 0.5) is 0 Å². The number of hydrogen-bond acceptors (Lipinski definition) is 18. The highest BCUT2D eigenvalue weighted by molar-refractivity contribution is 6.00. The molecule has 35 heteroatoms. The first-order valence-corrected chi connectivity index (χ1v) is 35.7. The molecule has 0 aliphatic carbocycles. The summed E-state index contributed by atoms with van der Waals surface area (Å²) < 4.78 is 3.78. The number of nitrogens with one attached hydrogen (secondary N) is 5. The van der Waals surface area contributed by atoms with Gasteiger partial charge in [-0.25, -0.2) is 14.4 Å². The van der Waals surface area contributed by atoms with Crippen LogP contribution in [0, 0.1) is 20.8 Å². The predicted octanol–water partition coefficient (Wildman–Crippen LogP) is -4.11. The minimum Gasteiger partial charge on any atom is -0.480 e. The molecule has 0 spiro atoms. The molecule has 13 atom stereocenters. The highest BCUT2D eigenvalue weighted by atomic mass is 16.4. The first-order chi connectivity index (χ1) is 48.8. The van der Waals surface area contributed by atoms with Crippen LogP contribution in [0.2, 0.25) is 0 Å². The second-order valence-electron chi connectivity index (χ2n) is 29.0. The summed E-state index contributed by atoms with van der Waals surface area (Å²) >= 11 is 0. The summed E-state index contributed by atoms with van der Waals surface area (Å²) in [6.07, 6.45) is 8.52. The molecule has 102 heavy (non-hydrogen) atoms. The van der Waals surface area contributed by atoms with Gasteiger partial charge < -0.3 is 59.8 Å². The summed E-state index contributed by atoms with van der Waals surface area (Å²) in [5, 5.41) is 14.8. The number of hydrogen-bond donors (Lipinski definition) is 6. The third kappa shape index (κ3) is 13.1. The van der Waals surface area contributed by atoms with Crippen molar-refractivity contribution in [3.8, 4) is 0 Å². The van der Waals surface area contributed by atoms with Crippen LogP contribution in [0.5, 0.6) is 0 Å². The number of carbonyl (C=O) groups is 11. The maximum Gasteiger partial charge on any atom is 0.328 e. The van der Waals surface area contributed by atoms with Gasteiger partial charge in [-0.3, -0.25) is 95.8 Å². The fourth-order valence-electron chi connectivity index (χ4n) is 17.7. The highest BCUT2D eigenvalue weighted by Crippen LogP contribution is 2.39. The van der Waals surface area contributed by atoms with Crippen LogP contribution in [-0.2, 0) is 52.7 Å². The molecule has 548 valence electrons. The molecule has 10 saturated heterocycles. The zero-order valence-corrected chi connectivity index (χ0v) is 57.3. The van der Waals surface area contributed by atoms with E-state index >= 15 is 28.8 Å². The fraction of sp³-hybridized carbons (Fsp3) is 0.657. The molecule has 0 saturated carbocycles. The molecule has 13 heterocycles. The Bertz CT molecular complexity index is 4320. The van der Waals surface area contributed by atoms with Crippen LogP contribution in [-0.4, -0.2) is 275 Å². The van der Waals surface area contributed by atoms with Gasteiger partial charge in [0.05, 0.1) is 24.2 Å². The minimum atomic E-state index is -1.35. The van der Waals surface area contributed by atoms with Crippen molar-refractivity contribution in [2.75, 3.05) is 72.0 Å². The number of carbonyl (C=O) groups excluding carboxylic acids is 10. The maximum absolute atomic E-state index is 15.6. The molecule has 3 aromatic heterocycles. The van der Waals surface area contributed by atoms with Crippen LogP contribution >= 0.6 is 0 Å². The molecule has 0 radical (unpaired) electrons. The summed E-state index contributed by atoms with van der Waals surface area (Å²) in [5.41, 5.74) is -3.65. The lowest BCUT2D eigenvalue weighted by Gasteiger charge is -2.37. The molecule has 0 aromatic carbocycles. The van der Waals surface area contributed by atoms with E-state index in [1.54, 1.807) is 4.90 Å². The standard InChI is InChI=1S/C67H87N17O18/c1-35-29-79(65(100)70-52(35)87)38-25-48(62(97)73-19-5-12-42(73)55(90)69-28-51(85)86)82(32-38)60(95)46-16-9-21-75(46)57(92)44-14-8-24-78(44)64(99)50-27-40(81-31-37(3)54(89)72-67(81)102)34-84(50)61(96)47-17-10-22-76(47)58(93)43-13-7-23-77(43)63(98)49-26-39(80-30-36(2)53(88)71-66(80)101)33-83(49)59(94)45-15-6-20-74(45)56(91)41-11-4-18-68-41/h29-31,38-50,68H,4-28,32-34H2,1-3H3,(H,69,90)(H,85,86)(H,70,87,100)(H,71,88,101)(H,72,89,102)/t38-,39-,40-,41-,42-,43-,44-,45-,46-,47-,48-,49-,50-/m1/s1. The van der Waals surface area contributed by atoms with Crippen molar-refractivity contribution in [1.29, 1.82) is 0 Å². The lowest BCUT2D eigenvalue weighted by Crippen LogP contribution is -2.59. The number of carboxylic acids is 1. The van der Waals surface area contributed by atoms with Crippen molar-refractivity contribution in [3.63, 3.8) is 0 Å². The van der Waals surface area contributed by atoms with Crippen molar-refractivity contribution in [2.24, 2.45) is 0 Å². The lowest BCUT2D eigenvalue weighted by atomic mass is 10.1. The van der Waals surface area contributed by atoms with Gasteiger partial charge >= 0.3 is 23.0 Å². The molecule has 3 aromatic rings. The largest absolute Gasteiger partial charge is 0.480 e. The maximum atomic E-state index is 15.6. The van der Waals surface area contributed by atoms with Gasteiger partial charge in [-0.2, -0.15) is 0 Å².